The van der Waals surface area contributed by atoms with Gasteiger partial charge < -0.3 is 0 Å². The zero-order valence-corrected chi connectivity index (χ0v) is 8.93. The average Bonchev–Trinajstić information content (AvgIpc) is 2.19. The zero-order chi connectivity index (χ0) is 12.1. The second-order valence-electron chi connectivity index (χ2n) is 3.23. The fraction of sp³-hybridized carbons (Fsp3) is 0.200. The highest BCUT2D eigenvalue weighted by molar-refractivity contribution is 5.82. The van der Waals surface area contributed by atoms with Gasteiger partial charge in [-0.2, -0.15) is 5.10 Å². The number of nitro benzene ring substituents is 1. The first-order chi connectivity index (χ1) is 7.50. The molecule has 0 saturated heterocycles. The summed E-state index contributed by atoms with van der Waals surface area (Å²) >= 11 is 0. The number of nitro groups is 1. The molecule has 0 spiro atoms. The Morgan fingerprint density at radius 3 is 2.81 bits per heavy atom. The molecule has 0 aromatic heterocycles. The first-order valence-electron chi connectivity index (χ1n) is 4.55. The molecule has 16 heavy (non-hydrogen) atoms. The molecule has 0 aliphatic carbocycles. The molecule has 0 saturated carbocycles. The number of carbonyl (C=O) groups excluding carboxylic acids is 1. The van der Waals surface area contributed by atoms with E-state index in [9.17, 15) is 14.9 Å². The smallest absolute Gasteiger partial charge is 0.272 e. The first-order valence-corrected chi connectivity index (χ1v) is 4.55. The van der Waals surface area contributed by atoms with E-state index >= 15 is 0 Å². The summed E-state index contributed by atoms with van der Waals surface area (Å²) in [5, 5.41) is 14.3. The molecule has 0 bridgehead atoms. The van der Waals surface area contributed by atoms with E-state index < -0.39 is 4.92 Å². The van der Waals surface area contributed by atoms with Crippen LogP contribution in [0, 0.1) is 17.0 Å². The van der Waals surface area contributed by atoms with Crippen LogP contribution in [0.15, 0.2) is 23.3 Å². The lowest BCUT2D eigenvalue weighted by molar-refractivity contribution is -0.385. The third-order valence-electron chi connectivity index (χ3n) is 1.87. The average molecular weight is 221 g/mol. The van der Waals surface area contributed by atoms with Gasteiger partial charge in [-0.1, -0.05) is 12.1 Å². The van der Waals surface area contributed by atoms with Crippen molar-refractivity contribution in [2.75, 3.05) is 0 Å². The lowest BCUT2D eigenvalue weighted by atomic mass is 10.1. The van der Waals surface area contributed by atoms with Gasteiger partial charge in [-0.25, -0.2) is 5.43 Å². The highest BCUT2D eigenvalue weighted by atomic mass is 16.6. The second kappa shape index (κ2) is 5.01. The molecule has 1 rings (SSSR count). The third kappa shape index (κ3) is 3.16. The monoisotopic (exact) mass is 221 g/mol. The van der Waals surface area contributed by atoms with Gasteiger partial charge in [0, 0.05) is 24.1 Å². The Labute approximate surface area is 92.1 Å². The van der Waals surface area contributed by atoms with Crippen LogP contribution < -0.4 is 5.43 Å². The molecule has 84 valence electrons. The van der Waals surface area contributed by atoms with E-state index in [0.29, 0.717) is 11.1 Å². The van der Waals surface area contributed by atoms with Gasteiger partial charge in [0.05, 0.1) is 11.1 Å². The predicted octanol–water partition coefficient (Wildman–Crippen LogP) is 1.37. The lowest BCUT2D eigenvalue weighted by Gasteiger charge is -1.98. The largest absolute Gasteiger partial charge is 0.274 e. The summed E-state index contributed by atoms with van der Waals surface area (Å²) in [7, 11) is 0. The number of hydrogen-bond donors (Lipinski definition) is 1. The molecule has 0 aliphatic rings. The molecule has 1 aromatic rings. The standard InChI is InChI=1S/C10H11N3O3/c1-7-3-4-9(5-10(7)13(15)16)6-11-12-8(2)14/h3-6H,1-2H3,(H,12,14)/b11-6-. The predicted molar refractivity (Wildman–Crippen MR) is 59.2 cm³/mol. The summed E-state index contributed by atoms with van der Waals surface area (Å²) in [6, 6.07) is 4.72. The van der Waals surface area contributed by atoms with Crippen LogP contribution in [0.3, 0.4) is 0 Å². The summed E-state index contributed by atoms with van der Waals surface area (Å²) in [6.07, 6.45) is 1.36. The molecule has 0 heterocycles. The molecule has 1 aromatic carbocycles. The van der Waals surface area contributed by atoms with Crippen molar-refractivity contribution >= 4 is 17.8 Å². The van der Waals surface area contributed by atoms with E-state index in [-0.39, 0.29) is 11.6 Å². The van der Waals surface area contributed by atoms with Crippen molar-refractivity contribution in [2.24, 2.45) is 5.10 Å². The Morgan fingerprint density at radius 2 is 2.25 bits per heavy atom. The molecular formula is C10H11N3O3. The molecule has 0 fully saturated rings. The molecule has 0 unspecified atom stereocenters. The summed E-state index contributed by atoms with van der Waals surface area (Å²) < 4.78 is 0. The maximum Gasteiger partial charge on any atom is 0.272 e. The van der Waals surface area contributed by atoms with Crippen LogP contribution in [-0.2, 0) is 4.79 Å². The zero-order valence-electron chi connectivity index (χ0n) is 8.93. The Kier molecular flexibility index (Phi) is 3.71. The van der Waals surface area contributed by atoms with Gasteiger partial charge in [0.1, 0.15) is 0 Å². The summed E-state index contributed by atoms with van der Waals surface area (Å²) in [5.74, 6) is -0.294. The Morgan fingerprint density at radius 1 is 1.56 bits per heavy atom. The van der Waals surface area contributed by atoms with Crippen molar-refractivity contribution in [3.05, 3.63) is 39.4 Å². The van der Waals surface area contributed by atoms with Gasteiger partial charge in [-0.3, -0.25) is 14.9 Å². The number of amides is 1. The van der Waals surface area contributed by atoms with Crippen molar-refractivity contribution in [1.29, 1.82) is 0 Å². The van der Waals surface area contributed by atoms with Crippen LogP contribution in [0.4, 0.5) is 5.69 Å². The minimum absolute atomic E-state index is 0.0341. The van der Waals surface area contributed by atoms with Crippen molar-refractivity contribution in [3.63, 3.8) is 0 Å². The van der Waals surface area contributed by atoms with Crippen LogP contribution >= 0.6 is 0 Å². The van der Waals surface area contributed by atoms with Crippen LogP contribution in [-0.4, -0.2) is 17.0 Å². The number of aryl methyl sites for hydroxylation is 1. The minimum Gasteiger partial charge on any atom is -0.274 e. The van der Waals surface area contributed by atoms with Gasteiger partial charge in [0.15, 0.2) is 0 Å². The summed E-state index contributed by atoms with van der Waals surface area (Å²) in [6.45, 7) is 2.99. The maximum atomic E-state index is 10.6. The van der Waals surface area contributed by atoms with E-state index in [4.69, 9.17) is 0 Å². The topological polar surface area (TPSA) is 84.6 Å². The first kappa shape index (κ1) is 11.8. The fourth-order valence-corrected chi connectivity index (χ4v) is 1.10. The van der Waals surface area contributed by atoms with Gasteiger partial charge >= 0.3 is 0 Å². The van der Waals surface area contributed by atoms with Crippen LogP contribution in [0.2, 0.25) is 0 Å². The van der Waals surface area contributed by atoms with Crippen molar-refractivity contribution in [3.8, 4) is 0 Å². The Hall–Kier alpha value is -2.24. The van der Waals surface area contributed by atoms with Gasteiger partial charge in [0.2, 0.25) is 5.91 Å². The number of carbonyl (C=O) groups is 1. The minimum atomic E-state index is -0.453. The number of hydrazone groups is 1. The molecule has 6 nitrogen and oxygen atoms in total. The normalized spacial score (nSPS) is 10.4. The number of hydrogen-bond acceptors (Lipinski definition) is 4. The van der Waals surface area contributed by atoms with E-state index in [1.165, 1.54) is 19.2 Å². The van der Waals surface area contributed by atoms with E-state index in [1.54, 1.807) is 19.1 Å². The fourth-order valence-electron chi connectivity index (χ4n) is 1.10. The molecular weight excluding hydrogens is 210 g/mol. The number of nitrogens with zero attached hydrogens (tertiary/aromatic N) is 2. The van der Waals surface area contributed by atoms with Crippen molar-refractivity contribution in [1.82, 2.24) is 5.43 Å². The summed E-state index contributed by atoms with van der Waals surface area (Å²) in [5.41, 5.74) is 3.40. The highest BCUT2D eigenvalue weighted by Crippen LogP contribution is 2.18. The van der Waals surface area contributed by atoms with Gasteiger partial charge in [-0.05, 0) is 6.92 Å². The summed E-state index contributed by atoms with van der Waals surface area (Å²) in [4.78, 5) is 20.7. The molecule has 0 atom stereocenters. The second-order valence-corrected chi connectivity index (χ2v) is 3.23. The third-order valence-corrected chi connectivity index (χ3v) is 1.87. The molecule has 0 aliphatic heterocycles. The number of nitrogens with one attached hydrogen (secondary N) is 1. The molecule has 6 heteroatoms. The molecule has 0 radical (unpaired) electrons. The van der Waals surface area contributed by atoms with E-state index in [1.807, 2.05) is 0 Å². The van der Waals surface area contributed by atoms with Crippen molar-refractivity contribution < 1.29 is 9.72 Å². The number of benzene rings is 1. The van der Waals surface area contributed by atoms with E-state index in [2.05, 4.69) is 10.5 Å². The van der Waals surface area contributed by atoms with Gasteiger partial charge in [0.25, 0.3) is 5.69 Å². The van der Waals surface area contributed by atoms with Crippen LogP contribution in [0.1, 0.15) is 18.1 Å². The van der Waals surface area contributed by atoms with Crippen LogP contribution in [0.25, 0.3) is 0 Å². The van der Waals surface area contributed by atoms with Gasteiger partial charge in [-0.15, -0.1) is 0 Å². The SMILES string of the molecule is CC(=O)N/N=C\c1ccc(C)c([N+](=O)[O-])c1. The lowest BCUT2D eigenvalue weighted by Crippen LogP contribution is -2.12. The quantitative estimate of drug-likeness (QED) is 0.475. The molecule has 1 N–H and O–H groups in total. The Bertz CT molecular complexity index is 455. The van der Waals surface area contributed by atoms with Crippen molar-refractivity contribution in [2.45, 2.75) is 13.8 Å². The Balaban J connectivity index is 2.91. The van der Waals surface area contributed by atoms with E-state index in [0.717, 1.165) is 0 Å². The highest BCUT2D eigenvalue weighted by Gasteiger charge is 2.09. The number of rotatable bonds is 3. The molecule has 1 amide bonds. The van der Waals surface area contributed by atoms with Crippen LogP contribution in [0.5, 0.6) is 0 Å². The maximum absolute atomic E-state index is 10.6.